The smallest absolute Gasteiger partial charge is 0.355 e. The predicted octanol–water partition coefficient (Wildman–Crippen LogP) is 0.263. The zero-order valence-corrected chi connectivity index (χ0v) is 12.3. The number of hydrogen-bond donors (Lipinski definition) is 0. The molecule has 1 aliphatic rings. The van der Waals surface area contributed by atoms with E-state index in [0.717, 1.165) is 32.0 Å². The highest BCUT2D eigenvalue weighted by molar-refractivity contribution is 5.88. The highest BCUT2D eigenvalue weighted by atomic mass is 16.5. The van der Waals surface area contributed by atoms with E-state index in [1.54, 1.807) is 16.5 Å². The zero-order chi connectivity index (χ0) is 14.8. The predicted molar refractivity (Wildman–Crippen MR) is 77.1 cm³/mol. The SMILES string of the molecule is COC(=O)c1cccc2nnc(CN3CCN(C)CC3)n12. The average molecular weight is 289 g/mol. The molecule has 0 saturated carbocycles. The molecular formula is C14H19N5O2. The van der Waals surface area contributed by atoms with Crippen molar-refractivity contribution in [2.24, 2.45) is 0 Å². The topological polar surface area (TPSA) is 63.0 Å². The quantitative estimate of drug-likeness (QED) is 0.756. The van der Waals surface area contributed by atoms with E-state index in [9.17, 15) is 4.79 Å². The molecule has 0 spiro atoms. The molecule has 21 heavy (non-hydrogen) atoms. The Bertz CT molecular complexity index is 646. The Morgan fingerprint density at radius 3 is 2.71 bits per heavy atom. The Kier molecular flexibility index (Phi) is 3.85. The molecule has 0 amide bonds. The summed E-state index contributed by atoms with van der Waals surface area (Å²) in [6.45, 7) is 4.75. The number of carbonyl (C=O) groups excluding carboxylic acids is 1. The van der Waals surface area contributed by atoms with E-state index in [-0.39, 0.29) is 5.97 Å². The van der Waals surface area contributed by atoms with Gasteiger partial charge in [-0.1, -0.05) is 6.07 Å². The minimum Gasteiger partial charge on any atom is -0.464 e. The van der Waals surface area contributed by atoms with E-state index in [2.05, 4.69) is 27.0 Å². The number of pyridine rings is 1. The van der Waals surface area contributed by atoms with Crippen LogP contribution in [0.1, 0.15) is 16.3 Å². The van der Waals surface area contributed by atoms with Crippen molar-refractivity contribution in [3.63, 3.8) is 0 Å². The summed E-state index contributed by atoms with van der Waals surface area (Å²) in [5.74, 6) is 0.399. The molecule has 0 aliphatic carbocycles. The summed E-state index contributed by atoms with van der Waals surface area (Å²) in [4.78, 5) is 16.5. The van der Waals surface area contributed by atoms with Crippen molar-refractivity contribution in [2.75, 3.05) is 40.3 Å². The van der Waals surface area contributed by atoms with Gasteiger partial charge in [-0.3, -0.25) is 9.30 Å². The van der Waals surface area contributed by atoms with Gasteiger partial charge in [0.1, 0.15) is 5.69 Å². The summed E-state index contributed by atoms with van der Waals surface area (Å²) >= 11 is 0. The first-order valence-electron chi connectivity index (χ1n) is 7.01. The van der Waals surface area contributed by atoms with Gasteiger partial charge in [0.25, 0.3) is 0 Å². The van der Waals surface area contributed by atoms with E-state index in [1.165, 1.54) is 7.11 Å². The molecular weight excluding hydrogens is 270 g/mol. The van der Waals surface area contributed by atoms with Crippen molar-refractivity contribution in [2.45, 2.75) is 6.54 Å². The number of esters is 1. The number of likely N-dealkylation sites (N-methyl/N-ethyl adjacent to an activating group) is 1. The van der Waals surface area contributed by atoms with E-state index in [1.807, 2.05) is 6.07 Å². The lowest BCUT2D eigenvalue weighted by atomic mass is 10.3. The molecule has 2 aromatic rings. The third-order valence-electron chi connectivity index (χ3n) is 3.85. The lowest BCUT2D eigenvalue weighted by Gasteiger charge is -2.31. The monoisotopic (exact) mass is 289 g/mol. The van der Waals surface area contributed by atoms with Crippen molar-refractivity contribution in [3.8, 4) is 0 Å². The van der Waals surface area contributed by atoms with Crippen LogP contribution >= 0.6 is 0 Å². The molecule has 3 heterocycles. The fourth-order valence-electron chi connectivity index (χ4n) is 2.57. The van der Waals surface area contributed by atoms with E-state index in [0.29, 0.717) is 17.9 Å². The molecule has 1 aliphatic heterocycles. The van der Waals surface area contributed by atoms with Gasteiger partial charge in [-0.25, -0.2) is 4.79 Å². The number of methoxy groups -OCH3 is 1. The first kappa shape index (κ1) is 14.0. The molecule has 1 fully saturated rings. The molecule has 2 aromatic heterocycles. The zero-order valence-electron chi connectivity index (χ0n) is 12.3. The van der Waals surface area contributed by atoms with Crippen molar-refractivity contribution in [3.05, 3.63) is 29.7 Å². The normalized spacial score (nSPS) is 17.2. The molecule has 0 radical (unpaired) electrons. The van der Waals surface area contributed by atoms with E-state index in [4.69, 9.17) is 4.74 Å². The largest absolute Gasteiger partial charge is 0.464 e. The highest BCUT2D eigenvalue weighted by Crippen LogP contribution is 2.12. The molecule has 112 valence electrons. The van der Waals surface area contributed by atoms with Gasteiger partial charge < -0.3 is 9.64 Å². The third-order valence-corrected chi connectivity index (χ3v) is 3.85. The number of rotatable bonds is 3. The van der Waals surface area contributed by atoms with Crippen molar-refractivity contribution < 1.29 is 9.53 Å². The molecule has 0 atom stereocenters. The van der Waals surface area contributed by atoms with Crippen LogP contribution in [0.2, 0.25) is 0 Å². The van der Waals surface area contributed by atoms with Gasteiger partial charge >= 0.3 is 5.97 Å². The minimum atomic E-state index is -0.375. The number of ether oxygens (including phenoxy) is 1. The first-order chi connectivity index (χ1) is 10.2. The van der Waals surface area contributed by atoms with Crippen molar-refractivity contribution >= 4 is 11.6 Å². The lowest BCUT2D eigenvalue weighted by Crippen LogP contribution is -2.44. The van der Waals surface area contributed by atoms with Gasteiger partial charge in [0.2, 0.25) is 0 Å². The summed E-state index contributed by atoms with van der Waals surface area (Å²) in [6, 6.07) is 5.36. The average Bonchev–Trinajstić information content (AvgIpc) is 2.92. The van der Waals surface area contributed by atoms with Crippen LogP contribution in [0.4, 0.5) is 0 Å². The summed E-state index contributed by atoms with van der Waals surface area (Å²) in [6.07, 6.45) is 0. The van der Waals surface area contributed by atoms with Crippen LogP contribution in [0.3, 0.4) is 0 Å². The number of aromatic nitrogens is 3. The highest BCUT2D eigenvalue weighted by Gasteiger charge is 2.19. The van der Waals surface area contributed by atoms with Crippen LogP contribution in [-0.4, -0.2) is 70.7 Å². The fraction of sp³-hybridized carbons (Fsp3) is 0.500. The maximum Gasteiger partial charge on any atom is 0.355 e. The van der Waals surface area contributed by atoms with Gasteiger partial charge in [0.15, 0.2) is 11.5 Å². The van der Waals surface area contributed by atoms with Gasteiger partial charge in [-0.15, -0.1) is 10.2 Å². The van der Waals surface area contributed by atoms with Gasteiger partial charge in [0.05, 0.1) is 13.7 Å². The van der Waals surface area contributed by atoms with Crippen LogP contribution in [0, 0.1) is 0 Å². The lowest BCUT2D eigenvalue weighted by molar-refractivity contribution is 0.0591. The maximum atomic E-state index is 11.9. The van der Waals surface area contributed by atoms with Crippen LogP contribution in [0.25, 0.3) is 5.65 Å². The fourth-order valence-corrected chi connectivity index (χ4v) is 2.57. The molecule has 0 aromatic carbocycles. The number of hydrogen-bond acceptors (Lipinski definition) is 6. The Balaban J connectivity index is 1.90. The number of piperazine rings is 1. The Morgan fingerprint density at radius 1 is 1.24 bits per heavy atom. The van der Waals surface area contributed by atoms with Crippen LogP contribution in [0.5, 0.6) is 0 Å². The summed E-state index contributed by atoms with van der Waals surface area (Å²) < 4.78 is 6.62. The number of fused-ring (bicyclic) bond motifs is 1. The molecule has 1 saturated heterocycles. The molecule has 0 N–H and O–H groups in total. The molecule has 3 rings (SSSR count). The number of nitrogens with zero attached hydrogens (tertiary/aromatic N) is 5. The summed E-state index contributed by atoms with van der Waals surface area (Å²) in [7, 11) is 3.50. The minimum absolute atomic E-state index is 0.375. The molecule has 0 bridgehead atoms. The first-order valence-corrected chi connectivity index (χ1v) is 7.01. The maximum absolute atomic E-state index is 11.9. The van der Waals surface area contributed by atoms with Crippen LogP contribution in [0.15, 0.2) is 18.2 Å². The van der Waals surface area contributed by atoms with E-state index < -0.39 is 0 Å². The Morgan fingerprint density at radius 2 is 2.00 bits per heavy atom. The summed E-state index contributed by atoms with van der Waals surface area (Å²) in [5, 5.41) is 8.38. The second-order valence-corrected chi connectivity index (χ2v) is 5.29. The van der Waals surface area contributed by atoms with Gasteiger partial charge in [-0.05, 0) is 19.2 Å². The molecule has 0 unspecified atom stereocenters. The Hall–Kier alpha value is -1.99. The summed E-state index contributed by atoms with van der Waals surface area (Å²) in [5.41, 5.74) is 1.13. The Labute approximate surface area is 123 Å². The number of carbonyl (C=O) groups is 1. The van der Waals surface area contributed by atoms with Crippen molar-refractivity contribution in [1.29, 1.82) is 0 Å². The second kappa shape index (κ2) is 5.79. The molecule has 7 nitrogen and oxygen atoms in total. The van der Waals surface area contributed by atoms with Crippen LogP contribution in [-0.2, 0) is 11.3 Å². The van der Waals surface area contributed by atoms with E-state index >= 15 is 0 Å². The van der Waals surface area contributed by atoms with Crippen molar-refractivity contribution in [1.82, 2.24) is 24.4 Å². The molecule has 7 heteroatoms. The second-order valence-electron chi connectivity index (χ2n) is 5.29. The third kappa shape index (κ3) is 2.74. The van der Waals surface area contributed by atoms with Gasteiger partial charge in [0, 0.05) is 26.2 Å². The van der Waals surface area contributed by atoms with Gasteiger partial charge in [-0.2, -0.15) is 0 Å². The van der Waals surface area contributed by atoms with Crippen LogP contribution < -0.4 is 0 Å². The standard InChI is InChI=1S/C14H19N5O2/c1-17-6-8-18(9-7-17)10-13-16-15-12-5-3-4-11(19(12)13)14(20)21-2/h3-5H,6-10H2,1-2H3.